The molecule has 1 saturated heterocycles. The average Bonchev–Trinajstić information content (AvgIpc) is 2.73. The summed E-state index contributed by atoms with van der Waals surface area (Å²) < 4.78 is 5.23. The standard InChI is InChI=1S/C23H31N3O2/c1-28-18-21-12-6-5-11-20(21)15-24-23(27)25-16-22-13-7-8-14-26(22)17-19-9-3-2-4-10-19/h2-6,9-12,22H,7-8,13-18H2,1H3,(H2,24,25,27). The van der Waals surface area contributed by atoms with E-state index in [1.807, 2.05) is 30.3 Å². The van der Waals surface area contributed by atoms with E-state index in [4.69, 9.17) is 4.74 Å². The molecule has 1 fully saturated rings. The maximum atomic E-state index is 12.3. The van der Waals surface area contributed by atoms with E-state index in [1.54, 1.807) is 7.11 Å². The molecule has 0 spiro atoms. The first-order chi connectivity index (χ1) is 13.8. The molecule has 0 aliphatic carbocycles. The minimum atomic E-state index is -0.113. The molecule has 0 aromatic heterocycles. The van der Waals surface area contributed by atoms with E-state index in [0.717, 1.165) is 30.6 Å². The lowest BCUT2D eigenvalue weighted by Crippen LogP contribution is -2.48. The van der Waals surface area contributed by atoms with Crippen LogP contribution in [0.1, 0.15) is 36.0 Å². The number of nitrogens with zero attached hydrogens (tertiary/aromatic N) is 1. The number of hydrogen-bond donors (Lipinski definition) is 2. The number of benzene rings is 2. The van der Waals surface area contributed by atoms with Gasteiger partial charge in [0.25, 0.3) is 0 Å². The second-order valence-electron chi connectivity index (χ2n) is 7.37. The summed E-state index contributed by atoms with van der Waals surface area (Å²) in [6.45, 7) is 3.77. The zero-order valence-electron chi connectivity index (χ0n) is 16.7. The predicted molar refractivity (Wildman–Crippen MR) is 112 cm³/mol. The van der Waals surface area contributed by atoms with Gasteiger partial charge in [0.05, 0.1) is 6.61 Å². The van der Waals surface area contributed by atoms with Gasteiger partial charge in [-0.05, 0) is 36.1 Å². The quantitative estimate of drug-likeness (QED) is 0.733. The largest absolute Gasteiger partial charge is 0.380 e. The molecule has 5 nitrogen and oxygen atoms in total. The van der Waals surface area contributed by atoms with Gasteiger partial charge in [0, 0.05) is 32.8 Å². The zero-order chi connectivity index (χ0) is 19.6. The van der Waals surface area contributed by atoms with Gasteiger partial charge >= 0.3 is 6.03 Å². The fraction of sp³-hybridized carbons (Fsp3) is 0.435. The van der Waals surface area contributed by atoms with Crippen LogP contribution in [0.4, 0.5) is 4.79 Å². The fourth-order valence-corrected chi connectivity index (χ4v) is 3.79. The minimum Gasteiger partial charge on any atom is -0.380 e. The summed E-state index contributed by atoms with van der Waals surface area (Å²) >= 11 is 0. The first-order valence-electron chi connectivity index (χ1n) is 10.1. The van der Waals surface area contributed by atoms with Crippen LogP contribution in [0.3, 0.4) is 0 Å². The highest BCUT2D eigenvalue weighted by Gasteiger charge is 2.22. The SMILES string of the molecule is COCc1ccccc1CNC(=O)NCC1CCCCN1Cc1ccccc1. The van der Waals surface area contributed by atoms with Crippen LogP contribution in [0.5, 0.6) is 0 Å². The molecular formula is C23H31N3O2. The molecule has 28 heavy (non-hydrogen) atoms. The topological polar surface area (TPSA) is 53.6 Å². The number of urea groups is 1. The van der Waals surface area contributed by atoms with Crippen LogP contribution in [0.25, 0.3) is 0 Å². The normalized spacial score (nSPS) is 17.2. The van der Waals surface area contributed by atoms with E-state index in [2.05, 4.69) is 39.8 Å². The van der Waals surface area contributed by atoms with Crippen molar-refractivity contribution >= 4 is 6.03 Å². The number of amides is 2. The van der Waals surface area contributed by atoms with Gasteiger partial charge in [0.2, 0.25) is 0 Å². The molecule has 0 saturated carbocycles. The van der Waals surface area contributed by atoms with E-state index in [1.165, 1.54) is 18.4 Å². The molecule has 1 aliphatic heterocycles. The van der Waals surface area contributed by atoms with Crippen LogP contribution < -0.4 is 10.6 Å². The van der Waals surface area contributed by atoms with Gasteiger partial charge in [0.15, 0.2) is 0 Å². The number of carbonyl (C=O) groups excluding carboxylic acids is 1. The van der Waals surface area contributed by atoms with E-state index in [9.17, 15) is 4.79 Å². The molecule has 1 aliphatic rings. The molecule has 2 N–H and O–H groups in total. The number of rotatable bonds is 8. The van der Waals surface area contributed by atoms with E-state index >= 15 is 0 Å². The molecule has 2 aromatic carbocycles. The van der Waals surface area contributed by atoms with Crippen molar-refractivity contribution in [3.05, 3.63) is 71.3 Å². The van der Waals surface area contributed by atoms with Crippen molar-refractivity contribution in [1.82, 2.24) is 15.5 Å². The maximum Gasteiger partial charge on any atom is 0.315 e. The van der Waals surface area contributed by atoms with Crippen molar-refractivity contribution in [3.8, 4) is 0 Å². The van der Waals surface area contributed by atoms with Crippen molar-refractivity contribution in [2.45, 2.75) is 45.0 Å². The van der Waals surface area contributed by atoms with E-state index in [0.29, 0.717) is 25.7 Å². The highest BCUT2D eigenvalue weighted by Crippen LogP contribution is 2.19. The Hall–Kier alpha value is -2.37. The summed E-state index contributed by atoms with van der Waals surface area (Å²) in [5, 5.41) is 6.04. The predicted octanol–water partition coefficient (Wildman–Crippen LogP) is 3.69. The summed E-state index contributed by atoms with van der Waals surface area (Å²) in [6.07, 6.45) is 3.58. The number of carbonyl (C=O) groups is 1. The summed E-state index contributed by atoms with van der Waals surface area (Å²) in [5.41, 5.74) is 3.52. The third kappa shape index (κ3) is 6.08. The zero-order valence-corrected chi connectivity index (χ0v) is 16.7. The Kier molecular flexibility index (Phi) is 7.88. The van der Waals surface area contributed by atoms with Crippen LogP contribution in [0.2, 0.25) is 0 Å². The molecule has 5 heteroatoms. The van der Waals surface area contributed by atoms with Crippen LogP contribution in [-0.4, -0.2) is 37.2 Å². The lowest BCUT2D eigenvalue weighted by Gasteiger charge is -2.35. The van der Waals surface area contributed by atoms with Gasteiger partial charge in [-0.1, -0.05) is 61.0 Å². The Balaban J connectivity index is 1.47. The number of ether oxygens (including phenoxy) is 1. The average molecular weight is 382 g/mol. The third-order valence-corrected chi connectivity index (χ3v) is 5.33. The van der Waals surface area contributed by atoms with Crippen LogP contribution in [0, 0.1) is 0 Å². The van der Waals surface area contributed by atoms with Gasteiger partial charge in [-0.25, -0.2) is 4.79 Å². The maximum absolute atomic E-state index is 12.3. The van der Waals surface area contributed by atoms with Gasteiger partial charge < -0.3 is 15.4 Å². The molecule has 0 radical (unpaired) electrons. The number of hydrogen-bond acceptors (Lipinski definition) is 3. The first kappa shape index (κ1) is 20.4. The second-order valence-corrected chi connectivity index (χ2v) is 7.37. The Bertz CT molecular complexity index is 736. The molecular weight excluding hydrogens is 350 g/mol. The second kappa shape index (κ2) is 10.8. The highest BCUT2D eigenvalue weighted by molar-refractivity contribution is 5.73. The fourth-order valence-electron chi connectivity index (χ4n) is 3.79. The first-order valence-corrected chi connectivity index (χ1v) is 10.1. The molecule has 150 valence electrons. The molecule has 1 atom stereocenters. The third-order valence-electron chi connectivity index (χ3n) is 5.33. The van der Waals surface area contributed by atoms with E-state index < -0.39 is 0 Å². The number of piperidine rings is 1. The van der Waals surface area contributed by atoms with Crippen molar-refractivity contribution < 1.29 is 9.53 Å². The van der Waals surface area contributed by atoms with Crippen molar-refractivity contribution in [3.63, 3.8) is 0 Å². The number of nitrogens with one attached hydrogen (secondary N) is 2. The number of likely N-dealkylation sites (tertiary alicyclic amines) is 1. The smallest absolute Gasteiger partial charge is 0.315 e. The molecule has 2 amide bonds. The van der Waals surface area contributed by atoms with Gasteiger partial charge in [-0.3, -0.25) is 4.90 Å². The Labute approximate surface area is 168 Å². The Morgan fingerprint density at radius 1 is 1.04 bits per heavy atom. The molecule has 2 aromatic rings. The summed E-state index contributed by atoms with van der Waals surface area (Å²) in [7, 11) is 1.68. The van der Waals surface area contributed by atoms with Gasteiger partial charge in [-0.15, -0.1) is 0 Å². The van der Waals surface area contributed by atoms with Crippen molar-refractivity contribution in [1.29, 1.82) is 0 Å². The highest BCUT2D eigenvalue weighted by atomic mass is 16.5. The molecule has 0 bridgehead atoms. The molecule has 1 heterocycles. The Morgan fingerprint density at radius 2 is 1.79 bits per heavy atom. The lowest BCUT2D eigenvalue weighted by atomic mass is 10.0. The summed E-state index contributed by atoms with van der Waals surface area (Å²) in [5.74, 6) is 0. The van der Waals surface area contributed by atoms with E-state index in [-0.39, 0.29) is 6.03 Å². The molecule has 3 rings (SSSR count). The van der Waals surface area contributed by atoms with Crippen LogP contribution in [0.15, 0.2) is 54.6 Å². The summed E-state index contributed by atoms with van der Waals surface area (Å²) in [4.78, 5) is 14.8. The van der Waals surface area contributed by atoms with Crippen LogP contribution >= 0.6 is 0 Å². The van der Waals surface area contributed by atoms with Crippen molar-refractivity contribution in [2.24, 2.45) is 0 Å². The minimum absolute atomic E-state index is 0.113. The number of methoxy groups -OCH3 is 1. The van der Waals surface area contributed by atoms with Gasteiger partial charge in [0.1, 0.15) is 0 Å². The van der Waals surface area contributed by atoms with Crippen molar-refractivity contribution in [2.75, 3.05) is 20.2 Å². The molecule has 1 unspecified atom stereocenters. The summed E-state index contributed by atoms with van der Waals surface area (Å²) in [6, 6.07) is 18.9. The monoisotopic (exact) mass is 381 g/mol. The lowest BCUT2D eigenvalue weighted by molar-refractivity contribution is 0.138. The van der Waals surface area contributed by atoms with Crippen LogP contribution in [-0.2, 0) is 24.4 Å². The van der Waals surface area contributed by atoms with Gasteiger partial charge in [-0.2, -0.15) is 0 Å². The Morgan fingerprint density at radius 3 is 2.57 bits per heavy atom.